The molecule has 0 bridgehead atoms. The van der Waals surface area contributed by atoms with Gasteiger partial charge in [-0.05, 0) is 54.2 Å². The molecule has 1 aliphatic heterocycles. The van der Waals surface area contributed by atoms with Crippen LogP contribution >= 0.6 is 0 Å². The van der Waals surface area contributed by atoms with E-state index in [9.17, 15) is 13.2 Å². The number of nitrogens with zero attached hydrogens (tertiary/aromatic N) is 1. The third kappa shape index (κ3) is 4.44. The minimum Gasteiger partial charge on any atom is -0.322 e. The molecule has 0 radical (unpaired) electrons. The number of nitrogens with one attached hydrogen (secondary N) is 1. The van der Waals surface area contributed by atoms with E-state index in [-0.39, 0.29) is 11.7 Å². The van der Waals surface area contributed by atoms with Gasteiger partial charge in [-0.15, -0.1) is 0 Å². The first-order valence-corrected chi connectivity index (χ1v) is 11.3. The van der Waals surface area contributed by atoms with Crippen molar-refractivity contribution in [2.24, 2.45) is 0 Å². The molecule has 148 valence electrons. The van der Waals surface area contributed by atoms with Crippen molar-refractivity contribution >= 4 is 33.4 Å². The van der Waals surface area contributed by atoms with Crippen LogP contribution in [0.1, 0.15) is 37.0 Å². The lowest BCUT2D eigenvalue weighted by Crippen LogP contribution is -2.24. The molecule has 1 amide bonds. The minimum absolute atomic E-state index is 0.179. The van der Waals surface area contributed by atoms with Crippen LogP contribution in [0.5, 0.6) is 0 Å². The Morgan fingerprint density at radius 1 is 1.07 bits per heavy atom. The fourth-order valence-electron chi connectivity index (χ4n) is 3.42. The Bertz CT molecular complexity index is 957. The Balaban J connectivity index is 1.70. The molecule has 0 atom stereocenters. The van der Waals surface area contributed by atoms with Gasteiger partial charge in [0.15, 0.2) is 0 Å². The van der Waals surface area contributed by atoms with Gasteiger partial charge in [-0.3, -0.25) is 9.10 Å². The van der Waals surface area contributed by atoms with Crippen LogP contribution in [-0.2, 0) is 27.7 Å². The Morgan fingerprint density at radius 3 is 2.25 bits per heavy atom. The molecule has 6 heteroatoms. The van der Waals surface area contributed by atoms with Crippen molar-refractivity contribution in [3.05, 3.63) is 65.2 Å². The highest BCUT2D eigenvalue weighted by Crippen LogP contribution is 2.25. The third-order valence-electron chi connectivity index (χ3n) is 4.95. The van der Waals surface area contributed by atoms with Crippen LogP contribution in [0.2, 0.25) is 0 Å². The van der Waals surface area contributed by atoms with Crippen molar-refractivity contribution in [1.29, 1.82) is 0 Å². The SMILES string of the molecule is CCc1cccc(CC)c1NC(=O)C=Cc1ccc(N2CCCS2(=O)=O)cc1. The summed E-state index contributed by atoms with van der Waals surface area (Å²) in [5, 5.41) is 3.00. The largest absolute Gasteiger partial charge is 0.322 e. The van der Waals surface area contributed by atoms with E-state index in [1.165, 1.54) is 10.4 Å². The van der Waals surface area contributed by atoms with Gasteiger partial charge in [0.05, 0.1) is 11.4 Å². The van der Waals surface area contributed by atoms with Crippen molar-refractivity contribution in [3.8, 4) is 0 Å². The minimum atomic E-state index is -3.18. The van der Waals surface area contributed by atoms with Gasteiger partial charge in [-0.25, -0.2) is 8.42 Å². The zero-order valence-corrected chi connectivity index (χ0v) is 17.1. The first-order chi connectivity index (χ1) is 13.4. The van der Waals surface area contributed by atoms with Gasteiger partial charge in [-0.2, -0.15) is 0 Å². The Labute approximate surface area is 167 Å². The fourth-order valence-corrected chi connectivity index (χ4v) is 4.99. The number of amides is 1. The molecule has 5 nitrogen and oxygen atoms in total. The van der Waals surface area contributed by atoms with Gasteiger partial charge in [-0.1, -0.05) is 44.2 Å². The molecule has 2 aromatic rings. The van der Waals surface area contributed by atoms with E-state index < -0.39 is 10.0 Å². The maximum atomic E-state index is 12.4. The van der Waals surface area contributed by atoms with Gasteiger partial charge < -0.3 is 5.32 Å². The van der Waals surface area contributed by atoms with Crippen LogP contribution in [0.15, 0.2) is 48.5 Å². The number of para-hydroxylation sites is 1. The maximum Gasteiger partial charge on any atom is 0.248 e. The number of benzene rings is 2. The van der Waals surface area contributed by atoms with E-state index in [4.69, 9.17) is 0 Å². The summed E-state index contributed by atoms with van der Waals surface area (Å²) in [6, 6.07) is 13.3. The average Bonchev–Trinajstić information content (AvgIpc) is 3.06. The van der Waals surface area contributed by atoms with E-state index >= 15 is 0 Å². The molecule has 0 aromatic heterocycles. The summed E-state index contributed by atoms with van der Waals surface area (Å²) in [7, 11) is -3.18. The van der Waals surface area contributed by atoms with E-state index in [0.29, 0.717) is 18.7 Å². The molecule has 1 N–H and O–H groups in total. The molecule has 28 heavy (non-hydrogen) atoms. The molecule has 1 heterocycles. The zero-order valence-electron chi connectivity index (χ0n) is 16.3. The highest BCUT2D eigenvalue weighted by atomic mass is 32.2. The molecule has 0 unspecified atom stereocenters. The van der Waals surface area contributed by atoms with E-state index in [2.05, 4.69) is 19.2 Å². The van der Waals surface area contributed by atoms with Gasteiger partial charge in [0, 0.05) is 18.3 Å². The van der Waals surface area contributed by atoms with Crippen LogP contribution in [0, 0.1) is 0 Å². The van der Waals surface area contributed by atoms with E-state index in [0.717, 1.165) is 35.2 Å². The van der Waals surface area contributed by atoms with Crippen LogP contribution in [0.3, 0.4) is 0 Å². The second-order valence-electron chi connectivity index (χ2n) is 6.81. The summed E-state index contributed by atoms with van der Waals surface area (Å²) in [6.07, 6.45) is 5.61. The smallest absolute Gasteiger partial charge is 0.248 e. The van der Waals surface area contributed by atoms with E-state index in [1.54, 1.807) is 18.2 Å². The predicted molar refractivity (Wildman–Crippen MR) is 115 cm³/mol. The first kappa shape index (κ1) is 20.1. The topological polar surface area (TPSA) is 66.5 Å². The van der Waals surface area contributed by atoms with Crippen molar-refractivity contribution in [2.45, 2.75) is 33.1 Å². The van der Waals surface area contributed by atoms with Crippen LogP contribution in [-0.4, -0.2) is 26.6 Å². The molecule has 1 fully saturated rings. The summed E-state index contributed by atoms with van der Waals surface area (Å²) in [4.78, 5) is 12.4. The molecule has 1 aliphatic rings. The monoisotopic (exact) mass is 398 g/mol. The fraction of sp³-hybridized carbons (Fsp3) is 0.318. The Hall–Kier alpha value is -2.60. The Kier molecular flexibility index (Phi) is 6.19. The van der Waals surface area contributed by atoms with Gasteiger partial charge in [0.25, 0.3) is 0 Å². The number of anilines is 2. The standard InChI is InChI=1S/C22H26N2O3S/c1-3-18-7-5-8-19(4-2)22(18)23-21(25)14-11-17-9-12-20(13-10-17)24-15-6-16-28(24,26)27/h5,7-14H,3-4,6,15-16H2,1-2H3,(H,23,25). The molecule has 0 aliphatic carbocycles. The van der Waals surface area contributed by atoms with Crippen molar-refractivity contribution in [2.75, 3.05) is 21.9 Å². The molecule has 0 spiro atoms. The Morgan fingerprint density at radius 2 is 1.71 bits per heavy atom. The normalized spacial score (nSPS) is 15.9. The summed E-state index contributed by atoms with van der Waals surface area (Å²) in [5.41, 5.74) is 4.66. The summed E-state index contributed by atoms with van der Waals surface area (Å²) >= 11 is 0. The van der Waals surface area contributed by atoms with Gasteiger partial charge >= 0.3 is 0 Å². The number of carbonyl (C=O) groups excluding carboxylic acids is 1. The predicted octanol–water partition coefficient (Wildman–Crippen LogP) is 4.00. The molecule has 3 rings (SSSR count). The molecule has 2 aromatic carbocycles. The zero-order chi connectivity index (χ0) is 20.1. The summed E-state index contributed by atoms with van der Waals surface area (Å²) < 4.78 is 25.4. The lowest BCUT2D eigenvalue weighted by Gasteiger charge is -2.16. The molecule has 0 saturated carbocycles. The van der Waals surface area contributed by atoms with Crippen LogP contribution in [0.4, 0.5) is 11.4 Å². The van der Waals surface area contributed by atoms with Gasteiger partial charge in [0.2, 0.25) is 15.9 Å². The molecular formula is C22H26N2O3S. The lowest BCUT2D eigenvalue weighted by atomic mass is 10.0. The first-order valence-electron chi connectivity index (χ1n) is 9.65. The molecular weight excluding hydrogens is 372 g/mol. The van der Waals surface area contributed by atoms with Crippen LogP contribution < -0.4 is 9.62 Å². The highest BCUT2D eigenvalue weighted by molar-refractivity contribution is 7.93. The number of rotatable bonds is 6. The number of carbonyl (C=O) groups is 1. The van der Waals surface area contributed by atoms with Crippen LogP contribution in [0.25, 0.3) is 6.08 Å². The van der Waals surface area contributed by atoms with Gasteiger partial charge in [0.1, 0.15) is 0 Å². The third-order valence-corrected chi connectivity index (χ3v) is 6.82. The number of hydrogen-bond acceptors (Lipinski definition) is 3. The second kappa shape index (κ2) is 8.61. The van der Waals surface area contributed by atoms with Crippen molar-refractivity contribution in [3.63, 3.8) is 0 Å². The summed E-state index contributed by atoms with van der Waals surface area (Å²) in [5.74, 6) is 0.0233. The summed E-state index contributed by atoms with van der Waals surface area (Å²) in [6.45, 7) is 4.67. The van der Waals surface area contributed by atoms with Crippen molar-refractivity contribution in [1.82, 2.24) is 0 Å². The number of hydrogen-bond donors (Lipinski definition) is 1. The highest BCUT2D eigenvalue weighted by Gasteiger charge is 2.28. The van der Waals surface area contributed by atoms with E-state index in [1.807, 2.05) is 30.3 Å². The average molecular weight is 399 g/mol. The number of aryl methyl sites for hydroxylation is 2. The quantitative estimate of drug-likeness (QED) is 0.748. The maximum absolute atomic E-state index is 12.4. The van der Waals surface area contributed by atoms with Crippen molar-refractivity contribution < 1.29 is 13.2 Å². The lowest BCUT2D eigenvalue weighted by molar-refractivity contribution is -0.111. The molecule has 1 saturated heterocycles. The second-order valence-corrected chi connectivity index (χ2v) is 8.83. The number of sulfonamides is 1.